The second-order valence-electron chi connectivity index (χ2n) is 5.93. The van der Waals surface area contributed by atoms with Crippen LogP contribution >= 0.6 is 0 Å². The molecule has 1 saturated carbocycles. The van der Waals surface area contributed by atoms with Crippen molar-refractivity contribution in [3.63, 3.8) is 0 Å². The van der Waals surface area contributed by atoms with E-state index in [-0.39, 0.29) is 5.78 Å². The van der Waals surface area contributed by atoms with E-state index >= 15 is 0 Å². The Morgan fingerprint density at radius 1 is 1.36 bits per heavy atom. The van der Waals surface area contributed by atoms with Crippen LogP contribution in [0.1, 0.15) is 52.4 Å². The summed E-state index contributed by atoms with van der Waals surface area (Å²) in [7, 11) is 0. The van der Waals surface area contributed by atoms with Crippen molar-refractivity contribution in [3.05, 3.63) is 0 Å². The fourth-order valence-corrected chi connectivity index (χ4v) is 3.33. The van der Waals surface area contributed by atoms with Crippen molar-refractivity contribution in [2.24, 2.45) is 5.41 Å². The van der Waals surface area contributed by atoms with Gasteiger partial charge < -0.3 is 14.2 Å². The summed E-state index contributed by atoms with van der Waals surface area (Å²) in [6, 6.07) is 0. The molecule has 2 fully saturated rings. The molecule has 0 aromatic heterocycles. The van der Waals surface area contributed by atoms with Gasteiger partial charge in [-0.15, -0.1) is 0 Å². The average Bonchev–Trinajstić information content (AvgIpc) is 2.95. The minimum Gasteiger partial charge on any atom is -0.456 e. The summed E-state index contributed by atoms with van der Waals surface area (Å²) in [6.45, 7) is 5.11. The van der Waals surface area contributed by atoms with Gasteiger partial charge in [-0.25, -0.2) is 4.79 Å². The van der Waals surface area contributed by atoms with Gasteiger partial charge in [0.25, 0.3) is 0 Å². The van der Waals surface area contributed by atoms with Crippen molar-refractivity contribution in [1.29, 1.82) is 0 Å². The molecule has 1 saturated heterocycles. The molecule has 0 aromatic carbocycles. The molecule has 1 atom stereocenters. The molecule has 1 unspecified atom stereocenters. The normalized spacial score (nSPS) is 26.5. The monoisotopic (exact) mass is 308 g/mol. The molecule has 1 aliphatic heterocycles. The Bertz CT molecular complexity index is 481. The number of Topliss-reactive ketones (excluding diaryl/α,β-unsaturated/α-hetero) is 1. The number of carbonyl (C=O) groups excluding carboxylic acids is 2. The second-order valence-corrected chi connectivity index (χ2v) is 5.93. The van der Waals surface area contributed by atoms with Crippen LogP contribution in [0.5, 0.6) is 0 Å². The lowest BCUT2D eigenvalue weighted by Crippen LogP contribution is -2.55. The molecule has 5 heteroatoms. The Balaban J connectivity index is 1.93. The average molecular weight is 308 g/mol. The van der Waals surface area contributed by atoms with Crippen molar-refractivity contribution in [1.82, 2.24) is 0 Å². The van der Waals surface area contributed by atoms with E-state index in [1.807, 2.05) is 6.92 Å². The minimum absolute atomic E-state index is 0.207. The van der Waals surface area contributed by atoms with Crippen LogP contribution in [0.2, 0.25) is 0 Å². The van der Waals surface area contributed by atoms with Gasteiger partial charge in [0.2, 0.25) is 0 Å². The number of hydrogen-bond acceptors (Lipinski definition) is 5. The summed E-state index contributed by atoms with van der Waals surface area (Å²) in [5.41, 5.74) is -0.618. The van der Waals surface area contributed by atoms with Crippen molar-refractivity contribution in [2.45, 2.75) is 58.2 Å². The summed E-state index contributed by atoms with van der Waals surface area (Å²) in [5, 5.41) is 0. The third-order valence-electron chi connectivity index (χ3n) is 4.56. The Kier molecular flexibility index (Phi) is 5.60. The van der Waals surface area contributed by atoms with Crippen LogP contribution in [0.15, 0.2) is 0 Å². The van der Waals surface area contributed by atoms with Crippen LogP contribution in [-0.4, -0.2) is 37.4 Å². The third kappa shape index (κ3) is 3.34. The first-order valence-corrected chi connectivity index (χ1v) is 8.01. The first-order chi connectivity index (χ1) is 10.5. The van der Waals surface area contributed by atoms with Gasteiger partial charge >= 0.3 is 5.97 Å². The maximum Gasteiger partial charge on any atom is 0.384 e. The number of esters is 1. The van der Waals surface area contributed by atoms with E-state index < -0.39 is 17.2 Å². The predicted octanol–water partition coefficient (Wildman–Crippen LogP) is 2.23. The van der Waals surface area contributed by atoms with E-state index in [9.17, 15) is 9.59 Å². The molecular weight excluding hydrogens is 284 g/mol. The van der Waals surface area contributed by atoms with Crippen LogP contribution in [0.4, 0.5) is 0 Å². The van der Waals surface area contributed by atoms with Gasteiger partial charge in [0.05, 0.1) is 25.2 Å². The largest absolute Gasteiger partial charge is 0.456 e. The zero-order chi connectivity index (χ0) is 16.1. The van der Waals surface area contributed by atoms with Crippen LogP contribution in [-0.2, 0) is 23.8 Å². The number of hydrogen-bond donors (Lipinski definition) is 0. The zero-order valence-corrected chi connectivity index (χ0v) is 13.4. The molecule has 1 aliphatic carbocycles. The van der Waals surface area contributed by atoms with Gasteiger partial charge in [-0.3, -0.25) is 4.79 Å². The summed E-state index contributed by atoms with van der Waals surface area (Å²) in [4.78, 5) is 23.6. The molecule has 0 radical (unpaired) electrons. The van der Waals surface area contributed by atoms with Crippen molar-refractivity contribution < 1.29 is 23.8 Å². The highest BCUT2D eigenvalue weighted by Crippen LogP contribution is 2.50. The van der Waals surface area contributed by atoms with Gasteiger partial charge in [-0.05, 0) is 33.1 Å². The quantitative estimate of drug-likeness (QED) is 0.345. The van der Waals surface area contributed by atoms with Crippen molar-refractivity contribution in [2.75, 3.05) is 19.8 Å². The van der Waals surface area contributed by atoms with Gasteiger partial charge in [0, 0.05) is 25.2 Å². The Hall–Kier alpha value is -1.38. The Morgan fingerprint density at radius 3 is 2.77 bits per heavy atom. The van der Waals surface area contributed by atoms with Crippen LogP contribution in [0.25, 0.3) is 0 Å². The molecule has 22 heavy (non-hydrogen) atoms. The maximum atomic E-state index is 12.5. The third-order valence-corrected chi connectivity index (χ3v) is 4.56. The second kappa shape index (κ2) is 7.26. The number of ketones is 1. The van der Waals surface area contributed by atoms with Gasteiger partial charge in [-0.2, -0.15) is 0 Å². The number of rotatable bonds is 4. The summed E-state index contributed by atoms with van der Waals surface area (Å²) in [6.07, 6.45) is 4.10. The molecule has 1 heterocycles. The van der Waals surface area contributed by atoms with Gasteiger partial charge in [0.1, 0.15) is 5.78 Å². The van der Waals surface area contributed by atoms with Gasteiger partial charge in [-0.1, -0.05) is 5.92 Å². The highest BCUT2D eigenvalue weighted by atomic mass is 16.7. The Morgan fingerprint density at radius 2 is 2.09 bits per heavy atom. The molecule has 122 valence electrons. The molecule has 0 N–H and O–H groups in total. The maximum absolute atomic E-state index is 12.5. The first kappa shape index (κ1) is 17.0. The SMILES string of the molecule is CCOC(=O)C#CCCCC1(C)C(=O)CCCC12OCCO2. The van der Waals surface area contributed by atoms with E-state index in [1.165, 1.54) is 0 Å². The fraction of sp³-hybridized carbons (Fsp3) is 0.765. The van der Waals surface area contributed by atoms with E-state index in [2.05, 4.69) is 11.8 Å². The van der Waals surface area contributed by atoms with E-state index in [0.717, 1.165) is 19.3 Å². The smallest absolute Gasteiger partial charge is 0.384 e. The lowest BCUT2D eigenvalue weighted by Gasteiger charge is -2.46. The Labute approximate surface area is 131 Å². The topological polar surface area (TPSA) is 61.8 Å². The van der Waals surface area contributed by atoms with E-state index in [1.54, 1.807) is 6.92 Å². The summed E-state index contributed by atoms with van der Waals surface area (Å²) in [5.74, 6) is 4.21. The van der Waals surface area contributed by atoms with Crippen molar-refractivity contribution in [3.8, 4) is 11.8 Å². The highest BCUT2D eigenvalue weighted by Gasteiger charge is 2.58. The van der Waals surface area contributed by atoms with Crippen LogP contribution < -0.4 is 0 Å². The standard InChI is InChI=1S/C17H24O5/c1-3-20-15(19)9-5-4-6-10-16(2)14(18)8-7-11-17(16)21-12-13-22-17/h3-4,6-8,10-13H2,1-2H3. The minimum atomic E-state index is -0.753. The lowest BCUT2D eigenvalue weighted by molar-refractivity contribution is -0.242. The highest BCUT2D eigenvalue weighted by molar-refractivity contribution is 5.88. The summed E-state index contributed by atoms with van der Waals surface area (Å²) >= 11 is 0. The van der Waals surface area contributed by atoms with E-state index in [0.29, 0.717) is 39.1 Å². The molecular formula is C17H24O5. The molecule has 2 rings (SSSR count). The van der Waals surface area contributed by atoms with Crippen LogP contribution in [0, 0.1) is 17.3 Å². The number of ether oxygens (including phenoxy) is 3. The molecule has 5 nitrogen and oxygen atoms in total. The molecule has 0 aromatic rings. The number of unbranched alkanes of at least 4 members (excludes halogenated alkanes) is 1. The predicted molar refractivity (Wildman–Crippen MR) is 79.9 cm³/mol. The number of carbonyl (C=O) groups is 2. The molecule has 0 amide bonds. The van der Waals surface area contributed by atoms with Crippen molar-refractivity contribution >= 4 is 11.8 Å². The first-order valence-electron chi connectivity index (χ1n) is 8.01. The fourth-order valence-electron chi connectivity index (χ4n) is 3.33. The zero-order valence-electron chi connectivity index (χ0n) is 13.4. The van der Waals surface area contributed by atoms with Gasteiger partial charge in [0.15, 0.2) is 5.79 Å². The summed E-state index contributed by atoms with van der Waals surface area (Å²) < 4.78 is 16.4. The van der Waals surface area contributed by atoms with Crippen LogP contribution in [0.3, 0.4) is 0 Å². The van der Waals surface area contributed by atoms with E-state index in [4.69, 9.17) is 14.2 Å². The molecule has 0 bridgehead atoms. The lowest BCUT2D eigenvalue weighted by atomic mass is 9.66. The molecule has 1 spiro atoms. The molecule has 2 aliphatic rings.